The molecule has 1 fully saturated rings. The number of allylic oxidation sites excluding steroid dienone is 8. The summed E-state index contributed by atoms with van der Waals surface area (Å²) in [5, 5.41) is 0. The van der Waals surface area contributed by atoms with Crippen LogP contribution in [0.15, 0.2) is 47.6 Å². The summed E-state index contributed by atoms with van der Waals surface area (Å²) in [5.74, 6) is 3.83. The summed E-state index contributed by atoms with van der Waals surface area (Å²) < 4.78 is 0. The van der Waals surface area contributed by atoms with Crippen LogP contribution in [0.4, 0.5) is 0 Å². The first-order valence-corrected chi connectivity index (χ1v) is 8.32. The van der Waals surface area contributed by atoms with Gasteiger partial charge in [0.1, 0.15) is 5.78 Å². The van der Waals surface area contributed by atoms with Crippen molar-refractivity contribution >= 4 is 11.6 Å². The Kier molecular flexibility index (Phi) is 2.94. The summed E-state index contributed by atoms with van der Waals surface area (Å²) in [6, 6.07) is 0. The quantitative estimate of drug-likeness (QED) is 0.548. The van der Waals surface area contributed by atoms with Crippen LogP contribution in [0.1, 0.15) is 32.6 Å². The monoisotopic (exact) mass is 304 g/mol. The van der Waals surface area contributed by atoms with E-state index in [-0.39, 0.29) is 22.5 Å². The van der Waals surface area contributed by atoms with Crippen LogP contribution in [0.25, 0.3) is 0 Å². The fourth-order valence-electron chi connectivity index (χ4n) is 5.07. The fourth-order valence-corrected chi connectivity index (χ4v) is 5.07. The van der Waals surface area contributed by atoms with Gasteiger partial charge in [-0.25, -0.2) is 0 Å². The van der Waals surface area contributed by atoms with Crippen molar-refractivity contribution in [2.75, 3.05) is 0 Å². The maximum atomic E-state index is 12.4. The normalized spacial score (nSPS) is 40.7. The number of rotatable bonds is 1. The summed E-state index contributed by atoms with van der Waals surface area (Å²) >= 11 is 0. The molecule has 4 aliphatic carbocycles. The topological polar surface area (TPSA) is 34.1 Å². The Labute approximate surface area is 137 Å². The van der Waals surface area contributed by atoms with Gasteiger partial charge in [-0.1, -0.05) is 36.8 Å². The van der Waals surface area contributed by atoms with Gasteiger partial charge in [-0.05, 0) is 36.5 Å². The molecule has 0 aromatic rings. The highest BCUT2D eigenvalue weighted by Gasteiger charge is 2.55. The zero-order valence-corrected chi connectivity index (χ0v) is 13.3. The van der Waals surface area contributed by atoms with E-state index in [0.717, 1.165) is 18.4 Å². The van der Waals surface area contributed by atoms with Crippen molar-refractivity contribution in [2.24, 2.45) is 22.7 Å². The van der Waals surface area contributed by atoms with Gasteiger partial charge in [-0.2, -0.15) is 0 Å². The number of hydrogen-bond donors (Lipinski definition) is 0. The summed E-state index contributed by atoms with van der Waals surface area (Å²) in [5.41, 5.74) is 1.71. The number of ketones is 2. The fraction of sp³-hybridized carbons (Fsp3) is 0.429. The summed E-state index contributed by atoms with van der Waals surface area (Å²) in [6.07, 6.45) is 20.5. The van der Waals surface area contributed by atoms with E-state index in [2.05, 4.69) is 31.1 Å². The van der Waals surface area contributed by atoms with Gasteiger partial charge in [0.05, 0.1) is 0 Å². The van der Waals surface area contributed by atoms with Gasteiger partial charge in [0.25, 0.3) is 0 Å². The Hall–Kier alpha value is -2.14. The second-order valence-corrected chi connectivity index (χ2v) is 7.42. The van der Waals surface area contributed by atoms with E-state index >= 15 is 0 Å². The van der Waals surface area contributed by atoms with Crippen LogP contribution >= 0.6 is 0 Å². The van der Waals surface area contributed by atoms with Gasteiger partial charge in [0, 0.05) is 29.6 Å². The number of terminal acetylenes is 1. The highest BCUT2D eigenvalue weighted by Crippen LogP contribution is 2.60. The molecule has 23 heavy (non-hydrogen) atoms. The van der Waals surface area contributed by atoms with Gasteiger partial charge < -0.3 is 0 Å². The number of Topliss-reactive ketones (excluding diaryl/α,β-unsaturated/α-hetero) is 1. The van der Waals surface area contributed by atoms with Crippen molar-refractivity contribution in [1.29, 1.82) is 0 Å². The Morgan fingerprint density at radius 2 is 2.17 bits per heavy atom. The molecular weight excluding hydrogens is 284 g/mol. The van der Waals surface area contributed by atoms with E-state index in [4.69, 9.17) is 6.42 Å². The Balaban J connectivity index is 1.88. The lowest BCUT2D eigenvalue weighted by Gasteiger charge is -2.48. The Morgan fingerprint density at radius 3 is 2.96 bits per heavy atom. The summed E-state index contributed by atoms with van der Waals surface area (Å²) in [7, 11) is 0. The average Bonchev–Trinajstić information content (AvgIpc) is 2.84. The Bertz CT molecular complexity index is 770. The molecular formula is C21H20O2. The SMILES string of the molecule is C#CC[C@]12C=CC(=O)C=C1C=CC1C2=CCC2(C)C(=O)CCC12. The number of fused-ring (bicyclic) bond motifs is 5. The lowest BCUT2D eigenvalue weighted by molar-refractivity contribution is -0.126. The van der Waals surface area contributed by atoms with Gasteiger partial charge >= 0.3 is 0 Å². The van der Waals surface area contributed by atoms with E-state index in [1.165, 1.54) is 5.57 Å². The van der Waals surface area contributed by atoms with Crippen LogP contribution < -0.4 is 0 Å². The smallest absolute Gasteiger partial charge is 0.178 e. The summed E-state index contributed by atoms with van der Waals surface area (Å²) in [4.78, 5) is 24.2. The molecule has 0 amide bonds. The third kappa shape index (κ3) is 1.77. The third-order valence-corrected chi connectivity index (χ3v) is 6.40. The standard InChI is InChI=1S/C21H20O2/c1-3-10-21-12-8-15(22)13-14(21)4-5-16-17-6-7-19(23)20(17,2)11-9-18(16)21/h1,4-5,8-9,12-13,16-17H,6-7,10-11H2,2H3/t16?,17?,20?,21-/m0/s1. The number of carbonyl (C=O) groups is 2. The molecule has 0 aromatic heterocycles. The molecule has 0 N–H and O–H groups in total. The molecule has 0 radical (unpaired) electrons. The minimum Gasteiger partial charge on any atom is -0.299 e. The van der Waals surface area contributed by atoms with Crippen molar-refractivity contribution in [2.45, 2.75) is 32.6 Å². The van der Waals surface area contributed by atoms with Gasteiger partial charge in [0.2, 0.25) is 0 Å². The van der Waals surface area contributed by atoms with E-state index < -0.39 is 0 Å². The zero-order valence-electron chi connectivity index (χ0n) is 13.3. The van der Waals surface area contributed by atoms with Crippen LogP contribution in [0.2, 0.25) is 0 Å². The summed E-state index contributed by atoms with van der Waals surface area (Å²) in [6.45, 7) is 2.12. The molecule has 0 heterocycles. The average molecular weight is 304 g/mol. The molecule has 4 aliphatic rings. The van der Waals surface area contributed by atoms with Crippen LogP contribution in [-0.4, -0.2) is 11.6 Å². The Morgan fingerprint density at radius 1 is 1.35 bits per heavy atom. The lowest BCUT2D eigenvalue weighted by atomic mass is 9.54. The van der Waals surface area contributed by atoms with E-state index in [0.29, 0.717) is 24.5 Å². The molecule has 0 spiro atoms. The first kappa shape index (κ1) is 14.5. The minimum absolute atomic E-state index is 0.0213. The van der Waals surface area contributed by atoms with Gasteiger partial charge in [0.15, 0.2) is 5.78 Å². The molecule has 116 valence electrons. The molecule has 2 heteroatoms. The molecule has 0 bridgehead atoms. The molecule has 0 aromatic carbocycles. The third-order valence-electron chi connectivity index (χ3n) is 6.40. The molecule has 3 unspecified atom stereocenters. The molecule has 0 aliphatic heterocycles. The van der Waals surface area contributed by atoms with Crippen molar-refractivity contribution in [3.05, 3.63) is 47.6 Å². The van der Waals surface area contributed by atoms with Crippen LogP contribution in [-0.2, 0) is 9.59 Å². The lowest BCUT2D eigenvalue weighted by Crippen LogP contribution is -2.42. The number of hydrogen-bond acceptors (Lipinski definition) is 2. The largest absolute Gasteiger partial charge is 0.299 e. The highest BCUT2D eigenvalue weighted by molar-refractivity contribution is 6.02. The van der Waals surface area contributed by atoms with Crippen LogP contribution in [0.5, 0.6) is 0 Å². The van der Waals surface area contributed by atoms with Gasteiger partial charge in [-0.3, -0.25) is 9.59 Å². The van der Waals surface area contributed by atoms with Crippen molar-refractivity contribution in [3.8, 4) is 12.3 Å². The van der Waals surface area contributed by atoms with Gasteiger partial charge in [-0.15, -0.1) is 12.3 Å². The minimum atomic E-state index is -0.352. The maximum absolute atomic E-state index is 12.4. The van der Waals surface area contributed by atoms with E-state index in [9.17, 15) is 9.59 Å². The van der Waals surface area contributed by atoms with Crippen LogP contribution in [0.3, 0.4) is 0 Å². The predicted molar refractivity (Wildman–Crippen MR) is 89.3 cm³/mol. The first-order valence-electron chi connectivity index (χ1n) is 8.32. The van der Waals surface area contributed by atoms with Crippen LogP contribution in [0, 0.1) is 35.0 Å². The highest BCUT2D eigenvalue weighted by atomic mass is 16.1. The van der Waals surface area contributed by atoms with Crippen molar-refractivity contribution < 1.29 is 9.59 Å². The van der Waals surface area contributed by atoms with E-state index in [1.54, 1.807) is 12.2 Å². The maximum Gasteiger partial charge on any atom is 0.178 e. The molecule has 0 saturated heterocycles. The predicted octanol–water partition coefficient (Wildman–Crippen LogP) is 3.56. The van der Waals surface area contributed by atoms with E-state index in [1.807, 2.05) is 6.08 Å². The second kappa shape index (κ2) is 4.68. The zero-order chi connectivity index (χ0) is 16.2. The molecule has 1 saturated carbocycles. The first-order chi connectivity index (χ1) is 11.0. The molecule has 2 nitrogen and oxygen atoms in total. The molecule has 4 rings (SSSR count). The molecule has 4 atom stereocenters. The van der Waals surface area contributed by atoms with Crippen molar-refractivity contribution in [3.63, 3.8) is 0 Å². The second-order valence-electron chi connectivity index (χ2n) is 7.42. The number of carbonyl (C=O) groups excluding carboxylic acids is 2. The van der Waals surface area contributed by atoms with Crippen molar-refractivity contribution in [1.82, 2.24) is 0 Å².